The third-order valence-electron chi connectivity index (χ3n) is 3.31. The van der Waals surface area contributed by atoms with Crippen molar-refractivity contribution < 1.29 is 9.53 Å². The van der Waals surface area contributed by atoms with Crippen molar-refractivity contribution >= 4 is 11.6 Å². The number of hydrogen-bond donors (Lipinski definition) is 0. The SMILES string of the molecule is CCOc1ccc(C)cc1N1CC(CN=[N+]=[N-])CC1=O. The van der Waals surface area contributed by atoms with Gasteiger partial charge >= 0.3 is 0 Å². The van der Waals surface area contributed by atoms with Crippen LogP contribution in [0.2, 0.25) is 0 Å². The van der Waals surface area contributed by atoms with Crippen molar-refractivity contribution in [3.63, 3.8) is 0 Å². The number of amides is 1. The quantitative estimate of drug-likeness (QED) is 0.470. The van der Waals surface area contributed by atoms with Gasteiger partial charge in [-0.25, -0.2) is 0 Å². The number of ether oxygens (including phenoxy) is 1. The van der Waals surface area contributed by atoms with Crippen molar-refractivity contribution in [2.75, 3.05) is 24.6 Å². The van der Waals surface area contributed by atoms with E-state index in [2.05, 4.69) is 10.0 Å². The highest BCUT2D eigenvalue weighted by Gasteiger charge is 2.31. The molecule has 0 aliphatic carbocycles. The van der Waals surface area contributed by atoms with E-state index in [-0.39, 0.29) is 11.8 Å². The van der Waals surface area contributed by atoms with E-state index in [0.717, 1.165) is 17.0 Å². The molecule has 1 unspecified atom stereocenters. The Morgan fingerprint density at radius 1 is 1.55 bits per heavy atom. The summed E-state index contributed by atoms with van der Waals surface area (Å²) in [6, 6.07) is 5.81. The lowest BCUT2D eigenvalue weighted by molar-refractivity contribution is -0.117. The summed E-state index contributed by atoms with van der Waals surface area (Å²) in [6.45, 7) is 5.38. The van der Waals surface area contributed by atoms with Crippen LogP contribution in [0.15, 0.2) is 23.3 Å². The van der Waals surface area contributed by atoms with Crippen molar-refractivity contribution in [3.05, 3.63) is 34.2 Å². The fourth-order valence-electron chi connectivity index (χ4n) is 2.40. The second kappa shape index (κ2) is 6.30. The second-order valence-corrected chi connectivity index (χ2v) is 4.89. The van der Waals surface area contributed by atoms with Crippen molar-refractivity contribution in [2.24, 2.45) is 11.0 Å². The Bertz CT molecular complexity index is 552. The highest BCUT2D eigenvalue weighted by molar-refractivity contribution is 5.97. The molecule has 2 rings (SSSR count). The smallest absolute Gasteiger partial charge is 0.227 e. The number of aryl methyl sites for hydroxylation is 1. The van der Waals surface area contributed by atoms with Gasteiger partial charge in [0, 0.05) is 24.4 Å². The maximum atomic E-state index is 12.2. The molecule has 1 atom stereocenters. The van der Waals surface area contributed by atoms with Gasteiger partial charge in [0.05, 0.1) is 12.3 Å². The third kappa shape index (κ3) is 3.03. The fourth-order valence-corrected chi connectivity index (χ4v) is 2.40. The molecule has 0 saturated carbocycles. The summed E-state index contributed by atoms with van der Waals surface area (Å²) in [5, 5.41) is 3.56. The van der Waals surface area contributed by atoms with Gasteiger partial charge in [-0.15, -0.1) is 0 Å². The first-order valence-electron chi connectivity index (χ1n) is 6.70. The molecule has 0 N–H and O–H groups in total. The van der Waals surface area contributed by atoms with Crippen LogP contribution in [-0.2, 0) is 4.79 Å². The number of anilines is 1. The predicted molar refractivity (Wildman–Crippen MR) is 76.8 cm³/mol. The van der Waals surface area contributed by atoms with Crippen molar-refractivity contribution in [2.45, 2.75) is 20.3 Å². The van der Waals surface area contributed by atoms with Gasteiger partial charge < -0.3 is 9.64 Å². The standard InChI is InChI=1S/C14H18N4O2/c1-3-20-13-5-4-10(2)6-12(13)18-9-11(7-14(18)19)8-16-17-15/h4-6,11H,3,7-9H2,1-2H3. The van der Waals surface area contributed by atoms with Crippen LogP contribution in [0.25, 0.3) is 10.4 Å². The number of carbonyl (C=O) groups excluding carboxylic acids is 1. The first kappa shape index (κ1) is 14.2. The maximum Gasteiger partial charge on any atom is 0.227 e. The molecule has 1 aliphatic rings. The van der Waals surface area contributed by atoms with Crippen LogP contribution >= 0.6 is 0 Å². The monoisotopic (exact) mass is 274 g/mol. The molecule has 1 aromatic carbocycles. The van der Waals surface area contributed by atoms with Gasteiger partial charge in [0.1, 0.15) is 5.75 Å². The minimum Gasteiger partial charge on any atom is -0.492 e. The lowest BCUT2D eigenvalue weighted by Crippen LogP contribution is -2.25. The minimum absolute atomic E-state index is 0.0506. The molecular weight excluding hydrogens is 256 g/mol. The Hall–Kier alpha value is -2.20. The average Bonchev–Trinajstić information content (AvgIpc) is 2.80. The summed E-state index contributed by atoms with van der Waals surface area (Å²) in [4.78, 5) is 16.6. The van der Waals surface area contributed by atoms with Crippen LogP contribution in [0.1, 0.15) is 18.9 Å². The van der Waals surface area contributed by atoms with E-state index >= 15 is 0 Å². The summed E-state index contributed by atoms with van der Waals surface area (Å²) in [6.07, 6.45) is 0.415. The molecule has 0 radical (unpaired) electrons. The van der Waals surface area contributed by atoms with Gasteiger partial charge in [0.25, 0.3) is 0 Å². The predicted octanol–water partition coefficient (Wildman–Crippen LogP) is 3.06. The van der Waals surface area contributed by atoms with Crippen LogP contribution in [0.5, 0.6) is 5.75 Å². The Morgan fingerprint density at radius 2 is 2.35 bits per heavy atom. The van der Waals surface area contributed by atoms with Crippen molar-refractivity contribution in [3.8, 4) is 5.75 Å². The first-order chi connectivity index (χ1) is 9.65. The van der Waals surface area contributed by atoms with Crippen molar-refractivity contribution in [1.29, 1.82) is 0 Å². The second-order valence-electron chi connectivity index (χ2n) is 4.89. The topological polar surface area (TPSA) is 78.3 Å². The minimum atomic E-state index is 0.0506. The molecule has 0 bridgehead atoms. The summed E-state index contributed by atoms with van der Waals surface area (Å²) in [7, 11) is 0. The summed E-state index contributed by atoms with van der Waals surface area (Å²) < 4.78 is 5.59. The Labute approximate surface area is 118 Å². The molecule has 6 heteroatoms. The number of azide groups is 1. The van der Waals surface area contributed by atoms with Crippen LogP contribution in [0.4, 0.5) is 5.69 Å². The zero-order valence-corrected chi connectivity index (χ0v) is 11.7. The van der Waals surface area contributed by atoms with Crippen LogP contribution in [-0.4, -0.2) is 25.6 Å². The molecule has 1 heterocycles. The van der Waals surface area contributed by atoms with Crippen molar-refractivity contribution in [1.82, 2.24) is 0 Å². The molecule has 1 aliphatic heterocycles. The average molecular weight is 274 g/mol. The molecule has 1 fully saturated rings. The molecule has 106 valence electrons. The van der Waals surface area contributed by atoms with Crippen LogP contribution in [0, 0.1) is 12.8 Å². The number of carbonyl (C=O) groups is 1. The third-order valence-corrected chi connectivity index (χ3v) is 3.31. The molecule has 1 aromatic rings. The lowest BCUT2D eigenvalue weighted by atomic mass is 10.1. The van der Waals surface area contributed by atoms with E-state index in [0.29, 0.717) is 26.1 Å². The Kier molecular flexibility index (Phi) is 4.48. The summed E-state index contributed by atoms with van der Waals surface area (Å²) in [5.41, 5.74) is 10.2. The van der Waals surface area contributed by atoms with E-state index in [1.165, 1.54) is 0 Å². The zero-order valence-electron chi connectivity index (χ0n) is 11.7. The van der Waals surface area contributed by atoms with E-state index < -0.39 is 0 Å². The Morgan fingerprint density at radius 3 is 3.05 bits per heavy atom. The first-order valence-corrected chi connectivity index (χ1v) is 6.70. The van der Waals surface area contributed by atoms with Gasteiger partial charge in [-0.1, -0.05) is 11.2 Å². The zero-order chi connectivity index (χ0) is 14.5. The molecule has 0 aromatic heterocycles. The van der Waals surface area contributed by atoms with E-state index in [9.17, 15) is 4.79 Å². The molecular formula is C14H18N4O2. The van der Waals surface area contributed by atoms with Gasteiger partial charge in [0.15, 0.2) is 0 Å². The molecule has 6 nitrogen and oxygen atoms in total. The number of rotatable bonds is 5. The summed E-state index contributed by atoms with van der Waals surface area (Å²) >= 11 is 0. The lowest BCUT2D eigenvalue weighted by Gasteiger charge is -2.20. The molecule has 1 saturated heterocycles. The maximum absolute atomic E-state index is 12.2. The number of benzene rings is 1. The van der Waals surface area contributed by atoms with E-state index in [4.69, 9.17) is 10.3 Å². The van der Waals surface area contributed by atoms with Gasteiger partial charge in [-0.3, -0.25) is 4.79 Å². The largest absolute Gasteiger partial charge is 0.492 e. The van der Waals surface area contributed by atoms with Crippen LogP contribution < -0.4 is 9.64 Å². The van der Waals surface area contributed by atoms with Crippen LogP contribution in [0.3, 0.4) is 0 Å². The molecule has 0 spiro atoms. The van der Waals surface area contributed by atoms with Gasteiger partial charge in [0.2, 0.25) is 5.91 Å². The normalized spacial score (nSPS) is 18.0. The van der Waals surface area contributed by atoms with E-state index in [1.807, 2.05) is 32.0 Å². The number of nitrogens with zero attached hydrogens (tertiary/aromatic N) is 4. The van der Waals surface area contributed by atoms with E-state index in [1.54, 1.807) is 4.90 Å². The number of hydrogen-bond acceptors (Lipinski definition) is 3. The summed E-state index contributed by atoms with van der Waals surface area (Å²) in [5.74, 6) is 0.846. The highest BCUT2D eigenvalue weighted by Crippen LogP contribution is 2.34. The Balaban J connectivity index is 2.24. The highest BCUT2D eigenvalue weighted by atomic mass is 16.5. The molecule has 20 heavy (non-hydrogen) atoms. The fraction of sp³-hybridized carbons (Fsp3) is 0.500. The van der Waals surface area contributed by atoms with Gasteiger partial charge in [-0.2, -0.15) is 0 Å². The van der Waals surface area contributed by atoms with Gasteiger partial charge in [-0.05, 0) is 43.0 Å². The molecule has 1 amide bonds.